The number of oxazole rings is 1. The van der Waals surface area contributed by atoms with Gasteiger partial charge in [-0.15, -0.1) is 0 Å². The lowest BCUT2D eigenvalue weighted by Crippen LogP contribution is -2.66. The molecule has 1 N–H and O–H groups in total. The molecule has 7 rings (SSSR count). The summed E-state index contributed by atoms with van der Waals surface area (Å²) in [4.78, 5) is 45.0. The highest BCUT2D eigenvalue weighted by Crippen LogP contribution is 2.41. The second kappa shape index (κ2) is 14.3. The van der Waals surface area contributed by atoms with Crippen molar-refractivity contribution < 1.29 is 28.6 Å². The summed E-state index contributed by atoms with van der Waals surface area (Å²) in [6, 6.07) is 8.00. The molecular weight excluding hydrogens is 634 g/mol. The van der Waals surface area contributed by atoms with Crippen molar-refractivity contribution in [1.82, 2.24) is 19.9 Å². The van der Waals surface area contributed by atoms with Crippen molar-refractivity contribution >= 4 is 17.8 Å². The van der Waals surface area contributed by atoms with Crippen LogP contribution in [0.3, 0.4) is 0 Å². The van der Waals surface area contributed by atoms with Crippen molar-refractivity contribution in [1.29, 1.82) is 0 Å². The van der Waals surface area contributed by atoms with Crippen molar-refractivity contribution in [2.24, 2.45) is 17.8 Å². The Morgan fingerprint density at radius 1 is 1.00 bits per heavy atom. The SMILES string of the molecule is COc1ccc(C2CCC(CN(C(=O)C3CCC(OC(=O)N4CC(O)(C(C)C)C4)CC3)c3cc(-c4coc(C5CC5)n4)ccn3)CC2)nc1C. The smallest absolute Gasteiger partial charge is 0.410 e. The molecule has 11 nitrogen and oxygen atoms in total. The van der Waals surface area contributed by atoms with Gasteiger partial charge in [0.2, 0.25) is 5.91 Å². The van der Waals surface area contributed by atoms with Crippen LogP contribution in [0.4, 0.5) is 10.6 Å². The van der Waals surface area contributed by atoms with Gasteiger partial charge in [-0.2, -0.15) is 0 Å². The Kier molecular flexibility index (Phi) is 9.87. The molecule has 0 radical (unpaired) electrons. The normalized spacial score (nSPS) is 24.8. The van der Waals surface area contributed by atoms with Gasteiger partial charge in [0.1, 0.15) is 35.2 Å². The van der Waals surface area contributed by atoms with E-state index in [2.05, 4.69) is 6.07 Å². The second-order valence-corrected chi connectivity index (χ2v) is 15.4. The number of pyridine rings is 2. The van der Waals surface area contributed by atoms with Crippen LogP contribution in [-0.2, 0) is 9.53 Å². The van der Waals surface area contributed by atoms with Crippen LogP contribution in [0.5, 0.6) is 5.75 Å². The Morgan fingerprint density at radius 3 is 2.38 bits per heavy atom. The van der Waals surface area contributed by atoms with Gasteiger partial charge < -0.3 is 23.9 Å². The lowest BCUT2D eigenvalue weighted by atomic mass is 9.79. The molecule has 3 aromatic rings. The number of anilines is 1. The lowest BCUT2D eigenvalue weighted by molar-refractivity contribution is -0.126. The molecule has 3 aromatic heterocycles. The molecule has 0 unspecified atom stereocenters. The topological polar surface area (TPSA) is 131 Å². The van der Waals surface area contributed by atoms with Crippen LogP contribution in [0.25, 0.3) is 11.3 Å². The number of amides is 2. The highest BCUT2D eigenvalue weighted by atomic mass is 16.6. The molecule has 3 aliphatic carbocycles. The Labute approximate surface area is 294 Å². The molecule has 4 fully saturated rings. The van der Waals surface area contributed by atoms with E-state index in [1.54, 1.807) is 24.5 Å². The van der Waals surface area contributed by atoms with Gasteiger partial charge in [0.25, 0.3) is 0 Å². The van der Waals surface area contributed by atoms with Gasteiger partial charge in [-0.05, 0) is 107 Å². The average Bonchev–Trinajstić information content (AvgIpc) is 3.85. The average molecular weight is 686 g/mol. The third kappa shape index (κ3) is 7.38. The summed E-state index contributed by atoms with van der Waals surface area (Å²) in [5, 5.41) is 10.6. The molecule has 0 bridgehead atoms. The van der Waals surface area contributed by atoms with Crippen molar-refractivity contribution in [3.8, 4) is 17.0 Å². The molecule has 0 atom stereocenters. The number of hydrogen-bond donors (Lipinski definition) is 1. The van der Waals surface area contributed by atoms with E-state index < -0.39 is 5.60 Å². The van der Waals surface area contributed by atoms with E-state index in [0.717, 1.165) is 72.8 Å². The first-order valence-electron chi connectivity index (χ1n) is 18.5. The molecule has 2 amide bonds. The first kappa shape index (κ1) is 34.5. The van der Waals surface area contributed by atoms with Crippen molar-refractivity contribution in [2.75, 3.05) is 31.6 Å². The minimum Gasteiger partial charge on any atom is -0.495 e. The third-order valence-electron chi connectivity index (χ3n) is 11.6. The van der Waals surface area contributed by atoms with E-state index in [1.165, 1.54) is 0 Å². The molecule has 1 aliphatic heterocycles. The minimum atomic E-state index is -0.837. The summed E-state index contributed by atoms with van der Waals surface area (Å²) in [6.45, 7) is 7.11. The molecule has 3 saturated carbocycles. The number of rotatable bonds is 10. The zero-order chi connectivity index (χ0) is 35.0. The summed E-state index contributed by atoms with van der Waals surface area (Å²) in [6.07, 6.45) is 11.7. The maximum atomic E-state index is 14.4. The van der Waals surface area contributed by atoms with Gasteiger partial charge in [-0.25, -0.2) is 14.8 Å². The van der Waals surface area contributed by atoms with Gasteiger partial charge in [-0.1, -0.05) is 13.8 Å². The van der Waals surface area contributed by atoms with Crippen LogP contribution in [0.2, 0.25) is 0 Å². The minimum absolute atomic E-state index is 0.0760. The number of aromatic nitrogens is 3. The maximum Gasteiger partial charge on any atom is 0.410 e. The molecule has 4 aliphatic rings. The Balaban J connectivity index is 1.02. The number of aryl methyl sites for hydroxylation is 1. The van der Waals surface area contributed by atoms with E-state index in [9.17, 15) is 14.7 Å². The summed E-state index contributed by atoms with van der Waals surface area (Å²) in [5.74, 6) is 3.36. The van der Waals surface area contributed by atoms with E-state index in [0.29, 0.717) is 68.9 Å². The van der Waals surface area contributed by atoms with E-state index in [1.807, 2.05) is 43.9 Å². The van der Waals surface area contributed by atoms with Crippen LogP contribution in [0.1, 0.15) is 107 Å². The van der Waals surface area contributed by atoms with Crippen LogP contribution in [-0.4, -0.2) is 75.4 Å². The summed E-state index contributed by atoms with van der Waals surface area (Å²) < 4.78 is 17.0. The summed E-state index contributed by atoms with van der Waals surface area (Å²) in [5.41, 5.74) is 2.84. The highest BCUT2D eigenvalue weighted by Gasteiger charge is 2.47. The number of ether oxygens (including phenoxy) is 2. The summed E-state index contributed by atoms with van der Waals surface area (Å²) >= 11 is 0. The number of methoxy groups -OCH3 is 1. The van der Waals surface area contributed by atoms with Gasteiger partial charge >= 0.3 is 6.09 Å². The number of nitrogens with zero attached hydrogens (tertiary/aromatic N) is 5. The largest absolute Gasteiger partial charge is 0.495 e. The van der Waals surface area contributed by atoms with Crippen LogP contribution in [0.15, 0.2) is 41.1 Å². The van der Waals surface area contributed by atoms with Crippen molar-refractivity contribution in [2.45, 2.75) is 109 Å². The quantitative estimate of drug-likeness (QED) is 0.239. The van der Waals surface area contributed by atoms with Gasteiger partial charge in [0, 0.05) is 41.8 Å². The third-order valence-corrected chi connectivity index (χ3v) is 11.6. The molecular formula is C39H51N5O6. The van der Waals surface area contributed by atoms with Crippen molar-refractivity contribution in [3.63, 3.8) is 0 Å². The maximum absolute atomic E-state index is 14.4. The van der Waals surface area contributed by atoms with Gasteiger partial charge in [0.05, 0.1) is 25.9 Å². The zero-order valence-corrected chi connectivity index (χ0v) is 29.8. The van der Waals surface area contributed by atoms with Crippen molar-refractivity contribution in [3.05, 3.63) is 54.0 Å². The fourth-order valence-corrected chi connectivity index (χ4v) is 7.84. The second-order valence-electron chi connectivity index (χ2n) is 15.4. The number of aliphatic hydroxyl groups is 1. The standard InChI is InChI=1S/C39H51N5O6/c1-24(2)39(47)22-43(23-39)38(46)50-31-13-11-29(12-14-31)37(45)44(35-19-30(17-18-40-35)33-21-49-36(42-33)28-9-10-28)20-26-5-7-27(8-6-26)32-15-16-34(48-4)25(3)41-32/h15-19,21,24,26-29,31,47H,5-14,20,22-23H2,1-4H3. The molecule has 0 aromatic carbocycles. The van der Waals surface area contributed by atoms with Crippen LogP contribution in [0, 0.1) is 24.7 Å². The number of hydrogen-bond acceptors (Lipinski definition) is 9. The molecule has 11 heteroatoms. The monoisotopic (exact) mass is 685 g/mol. The van der Waals surface area contributed by atoms with Gasteiger partial charge in [0.15, 0.2) is 5.89 Å². The molecule has 268 valence electrons. The Hall–Kier alpha value is -3.99. The highest BCUT2D eigenvalue weighted by molar-refractivity contribution is 5.94. The summed E-state index contributed by atoms with van der Waals surface area (Å²) in [7, 11) is 1.67. The van der Waals surface area contributed by atoms with E-state index in [4.69, 9.17) is 28.8 Å². The first-order chi connectivity index (χ1) is 24.1. The number of likely N-dealkylation sites (tertiary alicyclic amines) is 1. The molecule has 4 heterocycles. The molecule has 1 saturated heterocycles. The van der Waals surface area contributed by atoms with Crippen LogP contribution >= 0.6 is 0 Å². The fourth-order valence-electron chi connectivity index (χ4n) is 7.84. The number of β-amino-alcohol motifs (C(OH)–C–C–N with tert-alkyl or cyclic N) is 1. The first-order valence-corrected chi connectivity index (χ1v) is 18.5. The van der Waals surface area contributed by atoms with E-state index in [-0.39, 0.29) is 29.9 Å². The molecule has 50 heavy (non-hydrogen) atoms. The zero-order valence-electron chi connectivity index (χ0n) is 29.8. The number of carbonyl (C=O) groups excluding carboxylic acids is 2. The number of carbonyl (C=O) groups is 2. The Bertz CT molecular complexity index is 1660. The van der Waals surface area contributed by atoms with Gasteiger partial charge in [-0.3, -0.25) is 14.7 Å². The van der Waals surface area contributed by atoms with E-state index >= 15 is 0 Å². The fraction of sp³-hybridized carbons (Fsp3) is 0.615. The predicted molar refractivity (Wildman–Crippen MR) is 188 cm³/mol. The van der Waals surface area contributed by atoms with Crippen LogP contribution < -0.4 is 9.64 Å². The molecule has 0 spiro atoms. The predicted octanol–water partition coefficient (Wildman–Crippen LogP) is 7.03. The lowest BCUT2D eigenvalue weighted by Gasteiger charge is -2.48. The Morgan fingerprint density at radius 2 is 1.72 bits per heavy atom.